The third-order valence-electron chi connectivity index (χ3n) is 0.736. The lowest BCUT2D eigenvalue weighted by Crippen LogP contribution is -2.36. The van der Waals surface area contributed by atoms with E-state index in [4.69, 9.17) is 9.78 Å². The van der Waals surface area contributed by atoms with Gasteiger partial charge in [0.1, 0.15) is 6.23 Å². The molecule has 0 fully saturated rings. The fraction of sp³-hybridized carbons (Fsp3) is 1.00. The summed E-state index contributed by atoms with van der Waals surface area (Å²) in [6.07, 6.45) is -0.177. The predicted octanol–water partition coefficient (Wildman–Crippen LogP) is -0.471. The number of hydrogen-bond donors (Lipinski definition) is 3. The van der Waals surface area contributed by atoms with E-state index in [0.29, 0.717) is 0 Å². The zero-order chi connectivity index (χ0) is 7.82. The summed E-state index contributed by atoms with van der Waals surface area (Å²) in [5.74, 6) is 0. The molecule has 1 atom stereocenters. The fourth-order valence-electron chi connectivity index (χ4n) is 0.398. The lowest BCUT2D eigenvalue weighted by Gasteiger charge is -2.12. The Morgan fingerprint density at radius 2 is 2.20 bits per heavy atom. The first-order chi connectivity index (χ1) is 4.81. The Kier molecular flexibility index (Phi) is 6.78. The minimum atomic E-state index is -0.177. The maximum absolute atomic E-state index is 4.86. The Balaban J connectivity index is 2.97. The highest BCUT2D eigenvalue weighted by atomic mass is 16.8. The van der Waals surface area contributed by atoms with Crippen molar-refractivity contribution in [3.8, 4) is 0 Å². The zero-order valence-corrected chi connectivity index (χ0v) is 6.60. The molecular weight excluding hydrogens is 134 g/mol. The maximum Gasteiger partial charge on any atom is 0.150 e. The van der Waals surface area contributed by atoms with E-state index < -0.39 is 0 Å². The molecule has 0 radical (unpaired) electrons. The van der Waals surface area contributed by atoms with Crippen molar-refractivity contribution in [3.05, 3.63) is 0 Å². The van der Waals surface area contributed by atoms with Gasteiger partial charge in [0, 0.05) is 13.6 Å². The normalized spacial score (nSPS) is 13.5. The molecule has 5 heteroatoms. The molecule has 62 valence electrons. The molecule has 0 aliphatic carbocycles. The van der Waals surface area contributed by atoms with Crippen molar-refractivity contribution in [2.45, 2.75) is 20.1 Å². The zero-order valence-electron chi connectivity index (χ0n) is 6.60. The molecule has 0 aliphatic heterocycles. The highest BCUT2D eigenvalue weighted by Gasteiger charge is 1.97. The Morgan fingerprint density at radius 3 is 2.70 bits per heavy atom. The van der Waals surface area contributed by atoms with Gasteiger partial charge in [-0.1, -0.05) is 6.92 Å². The molecule has 0 saturated carbocycles. The highest BCUT2D eigenvalue weighted by Crippen LogP contribution is 1.77. The fourth-order valence-corrected chi connectivity index (χ4v) is 0.398. The molecule has 10 heavy (non-hydrogen) atoms. The summed E-state index contributed by atoms with van der Waals surface area (Å²) < 4.78 is 0. The Labute approximate surface area is 60.9 Å². The van der Waals surface area contributed by atoms with Crippen LogP contribution >= 0.6 is 0 Å². The van der Waals surface area contributed by atoms with E-state index in [2.05, 4.69) is 16.4 Å². The summed E-state index contributed by atoms with van der Waals surface area (Å²) in [7, 11) is 1.69. The van der Waals surface area contributed by atoms with E-state index in [9.17, 15) is 0 Å². The molecule has 0 saturated heterocycles. The first kappa shape index (κ1) is 9.80. The molecule has 0 rings (SSSR count). The number of hydrogen-bond acceptors (Lipinski definition) is 5. The first-order valence-electron chi connectivity index (χ1n) is 3.27. The molecule has 0 aromatic heterocycles. The molecule has 0 aromatic carbocycles. The summed E-state index contributed by atoms with van der Waals surface area (Å²) in [6, 6.07) is 0. The van der Waals surface area contributed by atoms with Crippen LogP contribution in [0.3, 0.4) is 0 Å². The lowest BCUT2D eigenvalue weighted by molar-refractivity contribution is -0.142. The molecule has 1 unspecified atom stereocenters. The monoisotopic (exact) mass is 149 g/mol. The summed E-state index contributed by atoms with van der Waals surface area (Å²) in [5.41, 5.74) is 7.73. The number of hydroxylamine groups is 3. The second-order valence-electron chi connectivity index (χ2n) is 1.68. The van der Waals surface area contributed by atoms with Crippen molar-refractivity contribution >= 4 is 0 Å². The predicted molar refractivity (Wildman–Crippen MR) is 37.5 cm³/mol. The lowest BCUT2D eigenvalue weighted by atomic mass is 10.7. The van der Waals surface area contributed by atoms with Gasteiger partial charge in [0.2, 0.25) is 0 Å². The van der Waals surface area contributed by atoms with Crippen molar-refractivity contribution in [1.29, 1.82) is 0 Å². The van der Waals surface area contributed by atoms with Crippen LogP contribution in [0.5, 0.6) is 0 Å². The van der Waals surface area contributed by atoms with Crippen molar-refractivity contribution in [1.82, 2.24) is 16.4 Å². The van der Waals surface area contributed by atoms with E-state index in [1.54, 1.807) is 7.05 Å². The summed E-state index contributed by atoms with van der Waals surface area (Å²) >= 11 is 0. The molecule has 0 bridgehead atoms. The highest BCUT2D eigenvalue weighted by molar-refractivity contribution is 4.29. The summed E-state index contributed by atoms with van der Waals surface area (Å²) in [6.45, 7) is 4.50. The first-order valence-corrected chi connectivity index (χ1v) is 3.27. The average Bonchev–Trinajstić information content (AvgIpc) is 1.89. The van der Waals surface area contributed by atoms with Crippen molar-refractivity contribution in [3.63, 3.8) is 0 Å². The topological polar surface area (TPSA) is 54.5 Å². The van der Waals surface area contributed by atoms with E-state index in [0.717, 1.165) is 6.54 Å². The second kappa shape index (κ2) is 6.91. The van der Waals surface area contributed by atoms with E-state index in [-0.39, 0.29) is 6.23 Å². The van der Waals surface area contributed by atoms with Crippen LogP contribution in [0.15, 0.2) is 0 Å². The van der Waals surface area contributed by atoms with Gasteiger partial charge >= 0.3 is 0 Å². The third-order valence-corrected chi connectivity index (χ3v) is 0.736. The van der Waals surface area contributed by atoms with Gasteiger partial charge in [-0.3, -0.25) is 4.84 Å². The standard InChI is InChI=1S/C5H15N3O2/c1-4-7-10-8-5(2)9-6-3/h5-8H,4H2,1-3H3. The van der Waals surface area contributed by atoms with Gasteiger partial charge in [-0.25, -0.2) is 10.4 Å². The van der Waals surface area contributed by atoms with Gasteiger partial charge in [-0.05, 0) is 6.92 Å². The van der Waals surface area contributed by atoms with E-state index in [1.807, 2.05) is 13.8 Å². The van der Waals surface area contributed by atoms with Crippen molar-refractivity contribution in [2.24, 2.45) is 0 Å². The van der Waals surface area contributed by atoms with Crippen LogP contribution in [0.25, 0.3) is 0 Å². The van der Waals surface area contributed by atoms with Gasteiger partial charge in [0.25, 0.3) is 0 Å². The minimum Gasteiger partial charge on any atom is -0.281 e. The average molecular weight is 149 g/mol. The van der Waals surface area contributed by atoms with Crippen LogP contribution in [0.1, 0.15) is 13.8 Å². The molecule has 0 amide bonds. The Bertz CT molecular complexity index is 71.9. The van der Waals surface area contributed by atoms with Crippen molar-refractivity contribution < 1.29 is 9.78 Å². The van der Waals surface area contributed by atoms with Crippen LogP contribution in [0, 0.1) is 0 Å². The van der Waals surface area contributed by atoms with E-state index >= 15 is 0 Å². The van der Waals surface area contributed by atoms with Crippen molar-refractivity contribution in [2.75, 3.05) is 13.6 Å². The van der Waals surface area contributed by atoms with Gasteiger partial charge in [0.05, 0.1) is 0 Å². The molecule has 0 aromatic rings. The smallest absolute Gasteiger partial charge is 0.150 e. The Hall–Kier alpha value is -0.200. The number of nitrogens with one attached hydrogen (secondary N) is 3. The van der Waals surface area contributed by atoms with Crippen LogP contribution < -0.4 is 16.4 Å². The van der Waals surface area contributed by atoms with Gasteiger partial charge in [-0.15, -0.1) is 0 Å². The second-order valence-corrected chi connectivity index (χ2v) is 1.68. The Morgan fingerprint density at radius 1 is 1.50 bits per heavy atom. The van der Waals surface area contributed by atoms with Crippen LogP contribution in [-0.4, -0.2) is 19.8 Å². The molecule has 0 heterocycles. The summed E-state index contributed by atoms with van der Waals surface area (Å²) in [5, 5.41) is 0. The molecule has 5 nitrogen and oxygen atoms in total. The number of rotatable bonds is 6. The maximum atomic E-state index is 4.86. The van der Waals surface area contributed by atoms with Crippen LogP contribution in [-0.2, 0) is 9.78 Å². The van der Waals surface area contributed by atoms with Gasteiger partial charge < -0.3 is 0 Å². The SMILES string of the molecule is CCNONC(C)ONC. The molecule has 0 aliphatic rings. The van der Waals surface area contributed by atoms with Gasteiger partial charge in [-0.2, -0.15) is 11.0 Å². The quantitative estimate of drug-likeness (QED) is 0.271. The van der Waals surface area contributed by atoms with Crippen LogP contribution in [0.4, 0.5) is 0 Å². The molecule has 3 N–H and O–H groups in total. The van der Waals surface area contributed by atoms with Crippen LogP contribution in [0.2, 0.25) is 0 Å². The largest absolute Gasteiger partial charge is 0.281 e. The van der Waals surface area contributed by atoms with E-state index in [1.165, 1.54) is 0 Å². The molecule has 0 spiro atoms. The summed E-state index contributed by atoms with van der Waals surface area (Å²) in [4.78, 5) is 9.59. The third kappa shape index (κ3) is 5.93. The molecular formula is C5H15N3O2. The minimum absolute atomic E-state index is 0.177. The van der Waals surface area contributed by atoms with Gasteiger partial charge in [0.15, 0.2) is 0 Å².